The Kier molecular flexibility index (Phi) is 3.37. The molecular weight excluding hydrogens is 252 g/mol. The smallest absolute Gasteiger partial charge is 0.254 e. The summed E-state index contributed by atoms with van der Waals surface area (Å²) in [5.41, 5.74) is 3.06. The molecule has 0 atom stereocenters. The van der Waals surface area contributed by atoms with Gasteiger partial charge in [0.2, 0.25) is 0 Å². The number of ether oxygens (including phenoxy) is 1. The predicted octanol–water partition coefficient (Wildman–Crippen LogP) is 2.29. The summed E-state index contributed by atoms with van der Waals surface area (Å²) in [7, 11) is 1.67. The molecule has 0 radical (unpaired) electrons. The fourth-order valence-corrected chi connectivity index (χ4v) is 2.59. The van der Waals surface area contributed by atoms with Gasteiger partial charge in [0, 0.05) is 36.6 Å². The number of hydrogen-bond donors (Lipinski definition) is 0. The van der Waals surface area contributed by atoms with Crippen molar-refractivity contribution in [2.45, 2.75) is 13.0 Å². The molecular formula is C16H16N2O2. The van der Waals surface area contributed by atoms with Crippen LogP contribution in [0.25, 0.3) is 0 Å². The maximum absolute atomic E-state index is 12.5. The lowest BCUT2D eigenvalue weighted by atomic mass is 9.98. The van der Waals surface area contributed by atoms with E-state index in [1.807, 2.05) is 17.0 Å². The minimum Gasteiger partial charge on any atom is -0.496 e. The lowest BCUT2D eigenvalue weighted by Crippen LogP contribution is -2.36. The second-order valence-electron chi connectivity index (χ2n) is 4.81. The van der Waals surface area contributed by atoms with E-state index < -0.39 is 0 Å². The molecule has 3 rings (SSSR count). The van der Waals surface area contributed by atoms with Crippen LogP contribution in [0.15, 0.2) is 42.7 Å². The molecule has 0 unspecified atom stereocenters. The van der Waals surface area contributed by atoms with Gasteiger partial charge in [-0.2, -0.15) is 0 Å². The molecule has 1 amide bonds. The summed E-state index contributed by atoms with van der Waals surface area (Å²) < 4.78 is 5.40. The molecule has 4 heteroatoms. The number of rotatable bonds is 2. The minimum atomic E-state index is 0.0453. The van der Waals surface area contributed by atoms with Crippen molar-refractivity contribution in [2.75, 3.05) is 13.7 Å². The number of benzene rings is 1. The van der Waals surface area contributed by atoms with Crippen molar-refractivity contribution in [3.63, 3.8) is 0 Å². The van der Waals surface area contributed by atoms with Gasteiger partial charge in [-0.1, -0.05) is 12.1 Å². The second-order valence-corrected chi connectivity index (χ2v) is 4.81. The minimum absolute atomic E-state index is 0.0453. The van der Waals surface area contributed by atoms with Crippen LogP contribution in [0.5, 0.6) is 5.75 Å². The lowest BCUT2D eigenvalue weighted by Gasteiger charge is -2.30. The first-order valence-corrected chi connectivity index (χ1v) is 6.63. The van der Waals surface area contributed by atoms with Gasteiger partial charge in [-0.25, -0.2) is 0 Å². The quantitative estimate of drug-likeness (QED) is 0.839. The second kappa shape index (κ2) is 5.33. The monoisotopic (exact) mass is 268 g/mol. The molecule has 0 bridgehead atoms. The van der Waals surface area contributed by atoms with Crippen LogP contribution < -0.4 is 4.74 Å². The number of aromatic nitrogens is 1. The van der Waals surface area contributed by atoms with Crippen LogP contribution in [0.3, 0.4) is 0 Å². The van der Waals surface area contributed by atoms with Gasteiger partial charge in [0.05, 0.1) is 7.11 Å². The zero-order valence-electron chi connectivity index (χ0n) is 11.4. The van der Waals surface area contributed by atoms with Gasteiger partial charge in [-0.3, -0.25) is 9.78 Å². The van der Waals surface area contributed by atoms with Gasteiger partial charge >= 0.3 is 0 Å². The molecule has 1 aliphatic heterocycles. The molecule has 2 aromatic rings. The average molecular weight is 268 g/mol. The largest absolute Gasteiger partial charge is 0.496 e. The molecule has 4 nitrogen and oxygen atoms in total. The fraction of sp³-hybridized carbons (Fsp3) is 0.250. The van der Waals surface area contributed by atoms with Gasteiger partial charge in [0.25, 0.3) is 5.91 Å². The highest BCUT2D eigenvalue weighted by Crippen LogP contribution is 2.28. The summed E-state index contributed by atoms with van der Waals surface area (Å²) in [6.07, 6.45) is 4.15. The first-order chi connectivity index (χ1) is 9.79. The Morgan fingerprint density at radius 2 is 2.05 bits per heavy atom. The Bertz CT molecular complexity index is 611. The predicted molar refractivity (Wildman–Crippen MR) is 75.7 cm³/mol. The Labute approximate surface area is 118 Å². The fourth-order valence-electron chi connectivity index (χ4n) is 2.59. The van der Waals surface area contributed by atoms with Crippen LogP contribution in [0.1, 0.15) is 21.5 Å². The standard InChI is InChI=1S/C16H16N2O2/c1-20-15-4-2-3-12-7-10-18(11-14(12)15)16(19)13-5-8-17-9-6-13/h2-6,8-9H,7,10-11H2,1H3. The van der Waals surface area contributed by atoms with Crippen LogP contribution in [0.4, 0.5) is 0 Å². The molecule has 2 heterocycles. The summed E-state index contributed by atoms with van der Waals surface area (Å²) in [4.78, 5) is 18.3. The van der Waals surface area contributed by atoms with E-state index in [2.05, 4.69) is 11.1 Å². The third-order valence-corrected chi connectivity index (χ3v) is 3.66. The van der Waals surface area contributed by atoms with E-state index in [1.165, 1.54) is 5.56 Å². The molecule has 0 N–H and O–H groups in total. The molecule has 0 saturated heterocycles. The zero-order valence-corrected chi connectivity index (χ0v) is 11.4. The van der Waals surface area contributed by atoms with Crippen LogP contribution in [-0.2, 0) is 13.0 Å². The van der Waals surface area contributed by atoms with E-state index in [0.29, 0.717) is 12.1 Å². The van der Waals surface area contributed by atoms with Crippen molar-refractivity contribution < 1.29 is 9.53 Å². The van der Waals surface area contributed by atoms with Gasteiger partial charge in [0.15, 0.2) is 0 Å². The van der Waals surface area contributed by atoms with Crippen LogP contribution in [0, 0.1) is 0 Å². The maximum Gasteiger partial charge on any atom is 0.254 e. The third kappa shape index (κ3) is 2.25. The molecule has 0 spiro atoms. The topological polar surface area (TPSA) is 42.4 Å². The van der Waals surface area contributed by atoms with Crippen molar-refractivity contribution in [1.29, 1.82) is 0 Å². The van der Waals surface area contributed by atoms with Crippen molar-refractivity contribution in [3.05, 3.63) is 59.4 Å². The highest BCUT2D eigenvalue weighted by molar-refractivity contribution is 5.94. The molecule has 1 aromatic heterocycles. The van der Waals surface area contributed by atoms with Gasteiger partial charge in [0.1, 0.15) is 5.75 Å². The number of nitrogens with zero attached hydrogens (tertiary/aromatic N) is 2. The normalized spacial score (nSPS) is 13.8. The van der Waals surface area contributed by atoms with E-state index in [4.69, 9.17) is 4.74 Å². The molecule has 1 aliphatic rings. The van der Waals surface area contributed by atoms with E-state index in [1.54, 1.807) is 31.6 Å². The number of amides is 1. The highest BCUT2D eigenvalue weighted by atomic mass is 16.5. The van der Waals surface area contributed by atoms with Crippen molar-refractivity contribution >= 4 is 5.91 Å². The first-order valence-electron chi connectivity index (χ1n) is 6.63. The number of carbonyl (C=O) groups excluding carboxylic acids is 1. The molecule has 1 aromatic carbocycles. The molecule has 0 aliphatic carbocycles. The zero-order chi connectivity index (χ0) is 13.9. The number of fused-ring (bicyclic) bond motifs is 1. The number of hydrogen-bond acceptors (Lipinski definition) is 3. The number of pyridine rings is 1. The third-order valence-electron chi connectivity index (χ3n) is 3.66. The number of carbonyl (C=O) groups is 1. The molecule has 102 valence electrons. The van der Waals surface area contributed by atoms with E-state index >= 15 is 0 Å². The number of methoxy groups -OCH3 is 1. The van der Waals surface area contributed by atoms with Crippen LogP contribution >= 0.6 is 0 Å². The summed E-state index contributed by atoms with van der Waals surface area (Å²) in [5, 5.41) is 0. The molecule has 20 heavy (non-hydrogen) atoms. The van der Waals surface area contributed by atoms with Crippen LogP contribution in [-0.4, -0.2) is 29.4 Å². The van der Waals surface area contributed by atoms with Crippen molar-refractivity contribution in [1.82, 2.24) is 9.88 Å². The SMILES string of the molecule is COc1cccc2c1CN(C(=O)c1ccncc1)CC2. The van der Waals surface area contributed by atoms with E-state index in [9.17, 15) is 4.79 Å². The van der Waals surface area contributed by atoms with Gasteiger partial charge < -0.3 is 9.64 Å². The maximum atomic E-state index is 12.5. The summed E-state index contributed by atoms with van der Waals surface area (Å²) in [6.45, 7) is 1.34. The van der Waals surface area contributed by atoms with Gasteiger partial charge in [-0.05, 0) is 30.2 Å². The highest BCUT2D eigenvalue weighted by Gasteiger charge is 2.23. The molecule has 0 fully saturated rings. The van der Waals surface area contributed by atoms with E-state index in [0.717, 1.165) is 24.3 Å². The Hall–Kier alpha value is -2.36. The van der Waals surface area contributed by atoms with Crippen LogP contribution in [0.2, 0.25) is 0 Å². The Morgan fingerprint density at radius 3 is 2.80 bits per heavy atom. The average Bonchev–Trinajstić information content (AvgIpc) is 2.54. The van der Waals surface area contributed by atoms with E-state index in [-0.39, 0.29) is 5.91 Å². The van der Waals surface area contributed by atoms with Crippen molar-refractivity contribution in [2.24, 2.45) is 0 Å². The Balaban J connectivity index is 1.87. The Morgan fingerprint density at radius 1 is 1.25 bits per heavy atom. The van der Waals surface area contributed by atoms with Crippen molar-refractivity contribution in [3.8, 4) is 5.75 Å². The lowest BCUT2D eigenvalue weighted by molar-refractivity contribution is 0.0733. The summed E-state index contributed by atoms with van der Waals surface area (Å²) in [6, 6.07) is 9.55. The first kappa shape index (κ1) is 12.7. The summed E-state index contributed by atoms with van der Waals surface area (Å²) in [5.74, 6) is 0.902. The summed E-state index contributed by atoms with van der Waals surface area (Å²) >= 11 is 0. The van der Waals surface area contributed by atoms with Gasteiger partial charge in [-0.15, -0.1) is 0 Å². The molecule has 0 saturated carbocycles.